The lowest BCUT2D eigenvalue weighted by molar-refractivity contribution is 0.392. The molecule has 0 atom stereocenters. The lowest BCUT2D eigenvalue weighted by Crippen LogP contribution is -2.02. The molecule has 0 aromatic rings. The van der Waals surface area contributed by atoms with E-state index < -0.39 is 0 Å². The third-order valence-electron chi connectivity index (χ3n) is 3.86. The standard InChI is InChI=1S/C16H30/c1-15(2)14-16-12-10-8-6-4-3-5-7-9-11-13-16/h16H,1,3-14H2,2H3. The highest BCUT2D eigenvalue weighted by atomic mass is 14.1. The molecule has 0 nitrogen and oxygen atoms in total. The normalized spacial score (nSPS) is 22.1. The first kappa shape index (κ1) is 13.8. The van der Waals surface area contributed by atoms with E-state index in [2.05, 4.69) is 13.5 Å². The lowest BCUT2D eigenvalue weighted by atomic mass is 9.89. The van der Waals surface area contributed by atoms with Gasteiger partial charge in [-0.15, -0.1) is 6.58 Å². The molecule has 1 rings (SSSR count). The van der Waals surface area contributed by atoms with Crippen LogP contribution in [-0.4, -0.2) is 0 Å². The van der Waals surface area contributed by atoms with E-state index in [1.165, 1.54) is 82.6 Å². The summed E-state index contributed by atoms with van der Waals surface area (Å²) in [5.41, 5.74) is 1.39. The van der Waals surface area contributed by atoms with Gasteiger partial charge in [-0.3, -0.25) is 0 Å². The molecule has 0 spiro atoms. The van der Waals surface area contributed by atoms with E-state index in [0.29, 0.717) is 0 Å². The Balaban J connectivity index is 2.27. The van der Waals surface area contributed by atoms with Gasteiger partial charge in [-0.2, -0.15) is 0 Å². The van der Waals surface area contributed by atoms with Gasteiger partial charge in [0.05, 0.1) is 0 Å². The van der Waals surface area contributed by atoms with Crippen LogP contribution in [0.3, 0.4) is 0 Å². The second-order valence-corrected chi connectivity index (χ2v) is 5.79. The Hall–Kier alpha value is -0.260. The Morgan fingerprint density at radius 2 is 1.19 bits per heavy atom. The van der Waals surface area contributed by atoms with Gasteiger partial charge in [0.15, 0.2) is 0 Å². The zero-order valence-electron chi connectivity index (χ0n) is 11.3. The van der Waals surface area contributed by atoms with Gasteiger partial charge in [-0.1, -0.05) is 76.2 Å². The maximum Gasteiger partial charge on any atom is -0.0297 e. The minimum absolute atomic E-state index is 0.942. The third kappa shape index (κ3) is 7.09. The molecule has 0 unspecified atom stereocenters. The van der Waals surface area contributed by atoms with Crippen LogP contribution in [0.25, 0.3) is 0 Å². The number of rotatable bonds is 2. The molecule has 0 aliphatic heterocycles. The zero-order valence-corrected chi connectivity index (χ0v) is 11.3. The molecule has 0 saturated heterocycles. The van der Waals surface area contributed by atoms with E-state index in [-0.39, 0.29) is 0 Å². The fourth-order valence-corrected chi connectivity index (χ4v) is 2.94. The summed E-state index contributed by atoms with van der Waals surface area (Å²) in [6, 6.07) is 0. The maximum absolute atomic E-state index is 4.08. The van der Waals surface area contributed by atoms with Crippen molar-refractivity contribution in [3.8, 4) is 0 Å². The molecule has 1 aliphatic carbocycles. The maximum atomic E-state index is 4.08. The quantitative estimate of drug-likeness (QED) is 0.512. The minimum Gasteiger partial charge on any atom is -0.100 e. The zero-order chi connectivity index (χ0) is 11.6. The van der Waals surface area contributed by atoms with Crippen molar-refractivity contribution in [2.45, 2.75) is 84.0 Å². The van der Waals surface area contributed by atoms with Crippen LogP contribution in [-0.2, 0) is 0 Å². The molecule has 1 saturated carbocycles. The fraction of sp³-hybridized carbons (Fsp3) is 0.875. The van der Waals surface area contributed by atoms with Crippen molar-refractivity contribution >= 4 is 0 Å². The molecule has 0 N–H and O–H groups in total. The molecule has 0 heteroatoms. The molecule has 0 heterocycles. The van der Waals surface area contributed by atoms with E-state index in [9.17, 15) is 0 Å². The SMILES string of the molecule is C=C(C)CC1CCCCCCCCCCC1. The predicted octanol–water partition coefficient (Wildman–Crippen LogP) is 5.87. The summed E-state index contributed by atoms with van der Waals surface area (Å²) in [5, 5.41) is 0. The van der Waals surface area contributed by atoms with Gasteiger partial charge in [0.1, 0.15) is 0 Å². The Morgan fingerprint density at radius 1 is 0.812 bits per heavy atom. The Bertz CT molecular complexity index is 168. The molecule has 1 aliphatic rings. The van der Waals surface area contributed by atoms with Gasteiger partial charge in [0.25, 0.3) is 0 Å². The summed E-state index contributed by atoms with van der Waals surface area (Å²) in [5.74, 6) is 0.942. The van der Waals surface area contributed by atoms with Crippen LogP contribution in [0.4, 0.5) is 0 Å². The monoisotopic (exact) mass is 222 g/mol. The van der Waals surface area contributed by atoms with Crippen LogP contribution in [0.5, 0.6) is 0 Å². The molecule has 0 radical (unpaired) electrons. The van der Waals surface area contributed by atoms with E-state index in [0.717, 1.165) is 5.92 Å². The predicted molar refractivity (Wildman–Crippen MR) is 73.7 cm³/mol. The first-order chi connectivity index (χ1) is 7.79. The summed E-state index contributed by atoms with van der Waals surface area (Å²) >= 11 is 0. The molecule has 1 fully saturated rings. The number of hydrogen-bond acceptors (Lipinski definition) is 0. The molecule has 0 amide bonds. The Kier molecular flexibility index (Phi) is 7.63. The average Bonchev–Trinajstić information content (AvgIpc) is 2.21. The molecule has 16 heavy (non-hydrogen) atoms. The third-order valence-corrected chi connectivity index (χ3v) is 3.86. The van der Waals surface area contributed by atoms with Gasteiger partial charge in [-0.05, 0) is 19.3 Å². The van der Waals surface area contributed by atoms with Gasteiger partial charge < -0.3 is 0 Å². The largest absolute Gasteiger partial charge is 0.100 e. The minimum atomic E-state index is 0.942. The van der Waals surface area contributed by atoms with Crippen LogP contribution >= 0.6 is 0 Å². The van der Waals surface area contributed by atoms with Crippen LogP contribution in [0, 0.1) is 5.92 Å². The summed E-state index contributed by atoms with van der Waals surface area (Å²) < 4.78 is 0. The average molecular weight is 222 g/mol. The molecule has 0 bridgehead atoms. The van der Waals surface area contributed by atoms with Crippen molar-refractivity contribution in [2.24, 2.45) is 5.92 Å². The summed E-state index contributed by atoms with van der Waals surface area (Å²) in [6.45, 7) is 6.27. The van der Waals surface area contributed by atoms with Crippen LogP contribution in [0.15, 0.2) is 12.2 Å². The van der Waals surface area contributed by atoms with Crippen LogP contribution in [0.2, 0.25) is 0 Å². The van der Waals surface area contributed by atoms with Crippen molar-refractivity contribution in [3.05, 3.63) is 12.2 Å². The lowest BCUT2D eigenvalue weighted by Gasteiger charge is -2.17. The second-order valence-electron chi connectivity index (χ2n) is 5.79. The van der Waals surface area contributed by atoms with E-state index in [1.807, 2.05) is 0 Å². The van der Waals surface area contributed by atoms with Crippen LogP contribution in [0.1, 0.15) is 84.0 Å². The van der Waals surface area contributed by atoms with Crippen molar-refractivity contribution in [3.63, 3.8) is 0 Å². The summed E-state index contributed by atoms with van der Waals surface area (Å²) in [4.78, 5) is 0. The first-order valence-corrected chi connectivity index (χ1v) is 7.43. The topological polar surface area (TPSA) is 0 Å². The molecular weight excluding hydrogens is 192 g/mol. The Labute approximate surface area is 103 Å². The smallest absolute Gasteiger partial charge is 0.0297 e. The highest BCUT2D eigenvalue weighted by Crippen LogP contribution is 2.25. The van der Waals surface area contributed by atoms with E-state index in [4.69, 9.17) is 0 Å². The molecule has 94 valence electrons. The van der Waals surface area contributed by atoms with E-state index >= 15 is 0 Å². The molecule has 0 aromatic carbocycles. The first-order valence-electron chi connectivity index (χ1n) is 7.43. The van der Waals surface area contributed by atoms with Crippen molar-refractivity contribution < 1.29 is 0 Å². The van der Waals surface area contributed by atoms with Gasteiger partial charge in [0, 0.05) is 0 Å². The molecule has 0 aromatic heterocycles. The van der Waals surface area contributed by atoms with Gasteiger partial charge >= 0.3 is 0 Å². The van der Waals surface area contributed by atoms with Crippen molar-refractivity contribution in [1.82, 2.24) is 0 Å². The summed E-state index contributed by atoms with van der Waals surface area (Å²) in [6.07, 6.45) is 17.4. The second kappa shape index (κ2) is 8.84. The van der Waals surface area contributed by atoms with Gasteiger partial charge in [0.2, 0.25) is 0 Å². The van der Waals surface area contributed by atoms with Crippen molar-refractivity contribution in [1.29, 1.82) is 0 Å². The summed E-state index contributed by atoms with van der Waals surface area (Å²) in [7, 11) is 0. The number of hydrogen-bond donors (Lipinski definition) is 0. The highest BCUT2D eigenvalue weighted by Gasteiger charge is 2.09. The van der Waals surface area contributed by atoms with Crippen molar-refractivity contribution in [2.75, 3.05) is 0 Å². The van der Waals surface area contributed by atoms with Gasteiger partial charge in [-0.25, -0.2) is 0 Å². The Morgan fingerprint density at radius 3 is 1.56 bits per heavy atom. The number of allylic oxidation sites excluding steroid dienone is 1. The highest BCUT2D eigenvalue weighted by molar-refractivity contribution is 4.90. The van der Waals surface area contributed by atoms with E-state index in [1.54, 1.807) is 0 Å². The fourth-order valence-electron chi connectivity index (χ4n) is 2.94. The molecular formula is C16H30. The van der Waals surface area contributed by atoms with Crippen LogP contribution < -0.4 is 0 Å².